The number of carbonyl (C=O) groups is 1. The Morgan fingerprint density at radius 1 is 1.19 bits per heavy atom. The van der Waals surface area contributed by atoms with Gasteiger partial charge >= 0.3 is 0 Å². The fourth-order valence-electron chi connectivity index (χ4n) is 2.30. The number of benzene rings is 2. The molecule has 3 aromatic rings. The van der Waals surface area contributed by atoms with Crippen molar-refractivity contribution in [3.63, 3.8) is 0 Å². The quantitative estimate of drug-likeness (QED) is 0.565. The summed E-state index contributed by atoms with van der Waals surface area (Å²) in [6.07, 6.45) is 0. The van der Waals surface area contributed by atoms with Crippen LogP contribution in [0.15, 0.2) is 52.9 Å². The molecule has 0 fully saturated rings. The fraction of sp³-hybridized carbons (Fsp3) is 0.167. The molecule has 5 nitrogen and oxygen atoms in total. The monoisotopic (exact) mass is 406 g/mol. The van der Waals surface area contributed by atoms with Crippen molar-refractivity contribution in [3.8, 4) is 0 Å². The van der Waals surface area contributed by atoms with E-state index in [2.05, 4.69) is 20.8 Å². The second-order valence-corrected chi connectivity index (χ2v) is 7.81. The minimum Gasteiger partial charge on any atom is -0.349 e. The number of thioether (sulfide) groups is 1. The number of rotatable bonds is 7. The minimum atomic E-state index is -0.684. The number of hydrogen-bond acceptors (Lipinski definition) is 6. The summed E-state index contributed by atoms with van der Waals surface area (Å²) >= 11 is 2.58. The Bertz CT molecular complexity index is 921. The van der Waals surface area contributed by atoms with Gasteiger partial charge in [-0.05, 0) is 25.1 Å². The number of aromatic nitrogens is 2. The molecule has 3 rings (SSSR count). The van der Waals surface area contributed by atoms with E-state index in [0.29, 0.717) is 9.47 Å². The third-order valence-corrected chi connectivity index (χ3v) is 5.54. The maximum absolute atomic E-state index is 13.8. The minimum absolute atomic E-state index is 0.118. The molecule has 2 N–H and O–H groups in total. The van der Waals surface area contributed by atoms with E-state index in [0.717, 1.165) is 11.8 Å². The first-order valence-corrected chi connectivity index (χ1v) is 9.84. The van der Waals surface area contributed by atoms with E-state index in [-0.39, 0.29) is 17.2 Å². The van der Waals surface area contributed by atoms with Crippen molar-refractivity contribution in [2.45, 2.75) is 17.3 Å². The predicted octanol–water partition coefficient (Wildman–Crippen LogP) is 4.53. The zero-order valence-electron chi connectivity index (χ0n) is 14.3. The molecule has 1 aromatic heterocycles. The summed E-state index contributed by atoms with van der Waals surface area (Å²) < 4.78 is 27.4. The van der Waals surface area contributed by atoms with Crippen LogP contribution in [0, 0.1) is 11.6 Å². The maximum atomic E-state index is 13.8. The molecule has 1 atom stereocenters. The Morgan fingerprint density at radius 3 is 2.70 bits per heavy atom. The van der Waals surface area contributed by atoms with Crippen molar-refractivity contribution in [1.82, 2.24) is 15.5 Å². The highest BCUT2D eigenvalue weighted by Gasteiger charge is 2.15. The van der Waals surface area contributed by atoms with E-state index in [9.17, 15) is 13.6 Å². The average Bonchev–Trinajstić information content (AvgIpc) is 3.08. The van der Waals surface area contributed by atoms with Crippen LogP contribution in [0.3, 0.4) is 0 Å². The number of carbonyl (C=O) groups excluding carboxylic acids is 1. The first-order valence-electron chi connectivity index (χ1n) is 8.04. The molecule has 0 aliphatic carbocycles. The van der Waals surface area contributed by atoms with Crippen molar-refractivity contribution >= 4 is 39.8 Å². The van der Waals surface area contributed by atoms with Crippen molar-refractivity contribution in [2.24, 2.45) is 0 Å². The molecule has 0 aliphatic heterocycles. The molecule has 0 saturated heterocycles. The lowest BCUT2D eigenvalue weighted by molar-refractivity contribution is -0.119. The van der Waals surface area contributed by atoms with Gasteiger partial charge in [-0.3, -0.25) is 4.79 Å². The number of hydrogen-bond donors (Lipinski definition) is 2. The molecule has 1 amide bonds. The van der Waals surface area contributed by atoms with E-state index >= 15 is 0 Å². The molecular formula is C18H16F2N4OS2. The molecule has 9 heteroatoms. The lowest BCUT2D eigenvalue weighted by Crippen LogP contribution is -2.28. The SMILES string of the molecule is C[C@H](NC(=O)CSc1nnc(Nc2ccccc2)s1)c1ccc(F)cc1F. The number of nitrogens with zero attached hydrogens (tertiary/aromatic N) is 2. The molecule has 0 aliphatic rings. The number of nitrogens with one attached hydrogen (secondary N) is 2. The largest absolute Gasteiger partial charge is 0.349 e. The van der Waals surface area contributed by atoms with E-state index in [4.69, 9.17) is 0 Å². The Morgan fingerprint density at radius 2 is 1.96 bits per heavy atom. The average molecular weight is 406 g/mol. The molecule has 27 heavy (non-hydrogen) atoms. The second kappa shape index (κ2) is 8.92. The van der Waals surface area contributed by atoms with Crippen molar-refractivity contribution in [2.75, 3.05) is 11.1 Å². The molecule has 0 radical (unpaired) electrons. The van der Waals surface area contributed by atoms with Crippen LogP contribution >= 0.6 is 23.1 Å². The zero-order valence-corrected chi connectivity index (χ0v) is 15.9. The lowest BCUT2D eigenvalue weighted by atomic mass is 10.1. The smallest absolute Gasteiger partial charge is 0.230 e. The summed E-state index contributed by atoms with van der Waals surface area (Å²) in [6.45, 7) is 1.64. The molecule has 1 heterocycles. The Hall–Kier alpha value is -2.52. The van der Waals surface area contributed by atoms with Gasteiger partial charge in [-0.2, -0.15) is 0 Å². The van der Waals surface area contributed by atoms with Gasteiger partial charge in [0, 0.05) is 17.3 Å². The van der Waals surface area contributed by atoms with Crippen LogP contribution in [0.2, 0.25) is 0 Å². The van der Waals surface area contributed by atoms with Gasteiger partial charge < -0.3 is 10.6 Å². The van der Waals surface area contributed by atoms with E-state index in [1.54, 1.807) is 6.92 Å². The van der Waals surface area contributed by atoms with E-state index in [1.165, 1.54) is 35.2 Å². The summed E-state index contributed by atoms with van der Waals surface area (Å²) in [4.78, 5) is 12.1. The summed E-state index contributed by atoms with van der Waals surface area (Å²) in [5.74, 6) is -1.49. The second-order valence-electron chi connectivity index (χ2n) is 5.61. The van der Waals surface area contributed by atoms with Crippen LogP contribution in [-0.4, -0.2) is 21.9 Å². The fourth-order valence-corrected chi connectivity index (χ4v) is 3.89. The maximum Gasteiger partial charge on any atom is 0.230 e. The van der Waals surface area contributed by atoms with Gasteiger partial charge in [-0.25, -0.2) is 8.78 Å². The molecule has 0 bridgehead atoms. The summed E-state index contributed by atoms with van der Waals surface area (Å²) in [7, 11) is 0. The molecular weight excluding hydrogens is 390 g/mol. The lowest BCUT2D eigenvalue weighted by Gasteiger charge is -2.14. The van der Waals surface area contributed by atoms with Crippen LogP contribution in [0.5, 0.6) is 0 Å². The predicted molar refractivity (Wildman–Crippen MR) is 103 cm³/mol. The van der Waals surface area contributed by atoms with Gasteiger partial charge in [0.25, 0.3) is 0 Å². The molecule has 140 valence electrons. The highest BCUT2D eigenvalue weighted by Crippen LogP contribution is 2.27. The van der Waals surface area contributed by atoms with E-state index in [1.807, 2.05) is 30.3 Å². The first kappa shape index (κ1) is 19.2. The third kappa shape index (κ3) is 5.48. The van der Waals surface area contributed by atoms with Crippen LogP contribution in [0.1, 0.15) is 18.5 Å². The van der Waals surface area contributed by atoms with Crippen LogP contribution in [0.25, 0.3) is 0 Å². The third-order valence-electron chi connectivity index (χ3n) is 3.56. The summed E-state index contributed by atoms with van der Waals surface area (Å²) in [6, 6.07) is 12.3. The van der Waals surface area contributed by atoms with Gasteiger partial charge in [-0.1, -0.05) is 47.4 Å². The van der Waals surface area contributed by atoms with Gasteiger partial charge in [-0.15, -0.1) is 10.2 Å². The van der Waals surface area contributed by atoms with Crippen molar-refractivity contribution in [3.05, 3.63) is 65.7 Å². The van der Waals surface area contributed by atoms with E-state index < -0.39 is 17.7 Å². The Balaban J connectivity index is 1.50. The van der Waals surface area contributed by atoms with Gasteiger partial charge in [0.15, 0.2) is 4.34 Å². The van der Waals surface area contributed by atoms with Gasteiger partial charge in [0.2, 0.25) is 11.0 Å². The van der Waals surface area contributed by atoms with Crippen molar-refractivity contribution < 1.29 is 13.6 Å². The number of halogens is 2. The van der Waals surface area contributed by atoms with Gasteiger partial charge in [0.05, 0.1) is 11.8 Å². The topological polar surface area (TPSA) is 66.9 Å². The first-order chi connectivity index (χ1) is 13.0. The summed E-state index contributed by atoms with van der Waals surface area (Å²) in [5.41, 5.74) is 1.14. The van der Waals surface area contributed by atoms with Gasteiger partial charge in [0.1, 0.15) is 11.6 Å². The molecule has 2 aromatic carbocycles. The standard InChI is InChI=1S/C18H16F2N4OS2/c1-11(14-8-7-12(19)9-15(14)20)21-16(25)10-26-18-24-23-17(27-18)22-13-5-3-2-4-6-13/h2-9,11H,10H2,1H3,(H,21,25)(H,22,23)/t11-/m0/s1. The molecule has 0 saturated carbocycles. The Labute approximate surface area is 163 Å². The van der Waals surface area contributed by atoms with Crippen molar-refractivity contribution in [1.29, 1.82) is 0 Å². The zero-order chi connectivity index (χ0) is 19.2. The van der Waals surface area contributed by atoms with Crippen LogP contribution in [0.4, 0.5) is 19.6 Å². The van der Waals surface area contributed by atoms with Crippen LogP contribution in [-0.2, 0) is 4.79 Å². The number of para-hydroxylation sites is 1. The molecule has 0 spiro atoms. The number of anilines is 2. The normalized spacial score (nSPS) is 11.8. The van der Waals surface area contributed by atoms with Crippen LogP contribution < -0.4 is 10.6 Å². The number of amides is 1. The molecule has 0 unspecified atom stereocenters. The Kier molecular flexibility index (Phi) is 6.36. The highest BCUT2D eigenvalue weighted by molar-refractivity contribution is 8.01. The highest BCUT2D eigenvalue weighted by atomic mass is 32.2. The summed E-state index contributed by atoms with van der Waals surface area (Å²) in [5, 5.41) is 14.5.